The Hall–Kier alpha value is -2.56. The first-order chi connectivity index (χ1) is 11.6. The third kappa shape index (κ3) is 3.50. The van der Waals surface area contributed by atoms with Gasteiger partial charge in [0.05, 0.1) is 20.1 Å². The largest absolute Gasteiger partial charge is 0.493 e. The molecule has 1 atom stereocenters. The van der Waals surface area contributed by atoms with Crippen molar-refractivity contribution >= 4 is 11.6 Å². The van der Waals surface area contributed by atoms with Gasteiger partial charge >= 0.3 is 0 Å². The van der Waals surface area contributed by atoms with Gasteiger partial charge in [0.25, 0.3) is 0 Å². The predicted octanol–water partition coefficient (Wildman–Crippen LogP) is 3.98. The average Bonchev–Trinajstić information content (AvgIpc) is 3.41. The highest BCUT2D eigenvalue weighted by atomic mass is 19.1. The van der Waals surface area contributed by atoms with Crippen molar-refractivity contribution in [1.29, 1.82) is 0 Å². The van der Waals surface area contributed by atoms with E-state index in [0.717, 1.165) is 18.4 Å². The highest BCUT2D eigenvalue weighted by molar-refractivity contribution is 5.96. The van der Waals surface area contributed by atoms with Gasteiger partial charge in [0.1, 0.15) is 5.82 Å². The third-order valence-corrected chi connectivity index (χ3v) is 4.26. The van der Waals surface area contributed by atoms with Crippen molar-refractivity contribution in [3.63, 3.8) is 0 Å². The number of anilines is 1. The molecule has 0 spiro atoms. The molecule has 2 aromatic carbocycles. The fourth-order valence-corrected chi connectivity index (χ4v) is 2.87. The van der Waals surface area contributed by atoms with E-state index in [9.17, 15) is 9.18 Å². The van der Waals surface area contributed by atoms with Crippen LogP contribution in [0.1, 0.15) is 24.3 Å². The summed E-state index contributed by atoms with van der Waals surface area (Å²) in [5, 5.41) is 2.93. The second-order valence-corrected chi connectivity index (χ2v) is 5.93. The fourth-order valence-electron chi connectivity index (χ4n) is 2.87. The minimum absolute atomic E-state index is 0.0867. The van der Waals surface area contributed by atoms with Crippen molar-refractivity contribution in [3.8, 4) is 11.5 Å². The number of carbonyl (C=O) groups is 1. The van der Waals surface area contributed by atoms with E-state index in [1.54, 1.807) is 44.6 Å². The molecule has 1 amide bonds. The molecule has 0 heterocycles. The molecule has 0 saturated heterocycles. The SMILES string of the molecule is COc1ccc(NC(=O)C(c2ccc(F)cc2)C2CC2)cc1OC. The van der Waals surface area contributed by atoms with E-state index in [-0.39, 0.29) is 17.6 Å². The smallest absolute Gasteiger partial charge is 0.232 e. The zero-order chi connectivity index (χ0) is 17.1. The second kappa shape index (κ2) is 6.91. The minimum atomic E-state index is -0.298. The van der Waals surface area contributed by atoms with Crippen molar-refractivity contribution in [2.24, 2.45) is 5.92 Å². The van der Waals surface area contributed by atoms with Crippen LogP contribution in [0.4, 0.5) is 10.1 Å². The van der Waals surface area contributed by atoms with Gasteiger partial charge in [0.2, 0.25) is 5.91 Å². The van der Waals surface area contributed by atoms with Crippen LogP contribution in [0.15, 0.2) is 42.5 Å². The van der Waals surface area contributed by atoms with Crippen LogP contribution in [0.25, 0.3) is 0 Å². The average molecular weight is 329 g/mol. The summed E-state index contributed by atoms with van der Waals surface area (Å²) in [7, 11) is 3.11. The number of hydrogen-bond acceptors (Lipinski definition) is 3. The number of nitrogens with one attached hydrogen (secondary N) is 1. The summed E-state index contributed by atoms with van der Waals surface area (Å²) in [6.45, 7) is 0. The van der Waals surface area contributed by atoms with Crippen molar-refractivity contribution < 1.29 is 18.7 Å². The van der Waals surface area contributed by atoms with Crippen LogP contribution >= 0.6 is 0 Å². The third-order valence-electron chi connectivity index (χ3n) is 4.26. The Kier molecular flexibility index (Phi) is 4.69. The lowest BCUT2D eigenvalue weighted by atomic mass is 9.93. The Morgan fingerprint density at radius 2 is 1.75 bits per heavy atom. The standard InChI is InChI=1S/C19H20FNO3/c1-23-16-10-9-15(11-17(16)24-2)21-19(22)18(12-3-4-12)13-5-7-14(20)8-6-13/h5-12,18H,3-4H2,1-2H3,(H,21,22). The van der Waals surface area contributed by atoms with Crippen LogP contribution < -0.4 is 14.8 Å². The van der Waals surface area contributed by atoms with E-state index >= 15 is 0 Å². The number of methoxy groups -OCH3 is 2. The number of hydrogen-bond donors (Lipinski definition) is 1. The van der Waals surface area contributed by atoms with Crippen LogP contribution in [0.2, 0.25) is 0 Å². The summed E-state index contributed by atoms with van der Waals surface area (Å²) >= 11 is 0. The summed E-state index contributed by atoms with van der Waals surface area (Å²) in [6.07, 6.45) is 2.03. The highest BCUT2D eigenvalue weighted by Gasteiger charge is 2.37. The number of amides is 1. The Bertz CT molecular complexity index is 726. The van der Waals surface area contributed by atoms with Gasteiger partial charge in [0, 0.05) is 11.8 Å². The maximum absolute atomic E-state index is 13.1. The van der Waals surface area contributed by atoms with Crippen LogP contribution in [0.3, 0.4) is 0 Å². The number of rotatable bonds is 6. The van der Waals surface area contributed by atoms with Gasteiger partial charge < -0.3 is 14.8 Å². The van der Waals surface area contributed by atoms with Crippen LogP contribution in [-0.2, 0) is 4.79 Å². The lowest BCUT2D eigenvalue weighted by Gasteiger charge is -2.17. The summed E-state index contributed by atoms with van der Waals surface area (Å²) in [5.74, 6) is 0.826. The van der Waals surface area contributed by atoms with Crippen molar-refractivity contribution in [1.82, 2.24) is 0 Å². The molecule has 1 N–H and O–H groups in total. The van der Waals surface area contributed by atoms with Gasteiger partial charge in [-0.15, -0.1) is 0 Å². The molecule has 3 rings (SSSR count). The molecule has 0 radical (unpaired) electrons. The zero-order valence-electron chi connectivity index (χ0n) is 13.7. The summed E-state index contributed by atoms with van der Waals surface area (Å²) < 4.78 is 23.6. The molecule has 1 unspecified atom stereocenters. The molecule has 0 aromatic heterocycles. The number of halogens is 1. The summed E-state index contributed by atoms with van der Waals surface area (Å²) in [5.41, 5.74) is 1.49. The lowest BCUT2D eigenvalue weighted by molar-refractivity contribution is -0.118. The summed E-state index contributed by atoms with van der Waals surface area (Å²) in [6, 6.07) is 11.4. The van der Waals surface area contributed by atoms with Gasteiger partial charge in [0.15, 0.2) is 11.5 Å². The minimum Gasteiger partial charge on any atom is -0.493 e. The Morgan fingerprint density at radius 1 is 1.08 bits per heavy atom. The van der Waals surface area contributed by atoms with E-state index in [0.29, 0.717) is 23.1 Å². The molecule has 1 aliphatic carbocycles. The molecule has 126 valence electrons. The van der Waals surface area contributed by atoms with E-state index in [1.165, 1.54) is 12.1 Å². The maximum Gasteiger partial charge on any atom is 0.232 e. The van der Waals surface area contributed by atoms with E-state index in [4.69, 9.17) is 9.47 Å². The van der Waals surface area contributed by atoms with Gasteiger partial charge in [-0.05, 0) is 48.6 Å². The quantitative estimate of drug-likeness (QED) is 0.872. The first-order valence-electron chi connectivity index (χ1n) is 7.90. The van der Waals surface area contributed by atoms with Gasteiger partial charge in [-0.1, -0.05) is 12.1 Å². The Balaban J connectivity index is 1.80. The maximum atomic E-state index is 13.1. The molecule has 2 aromatic rings. The first kappa shape index (κ1) is 16.3. The molecule has 24 heavy (non-hydrogen) atoms. The highest BCUT2D eigenvalue weighted by Crippen LogP contribution is 2.43. The first-order valence-corrected chi connectivity index (χ1v) is 7.90. The molecule has 1 aliphatic rings. The van der Waals surface area contributed by atoms with Gasteiger partial charge in [-0.25, -0.2) is 4.39 Å². The van der Waals surface area contributed by atoms with E-state index in [1.807, 2.05) is 0 Å². The van der Waals surface area contributed by atoms with E-state index in [2.05, 4.69) is 5.32 Å². The van der Waals surface area contributed by atoms with Crippen molar-refractivity contribution in [2.45, 2.75) is 18.8 Å². The molecule has 0 aliphatic heterocycles. The van der Waals surface area contributed by atoms with Crippen molar-refractivity contribution in [3.05, 3.63) is 53.8 Å². The Labute approximate surface area is 140 Å². The van der Waals surface area contributed by atoms with Crippen LogP contribution in [0.5, 0.6) is 11.5 Å². The van der Waals surface area contributed by atoms with Crippen LogP contribution in [0, 0.1) is 11.7 Å². The molecular formula is C19H20FNO3. The molecule has 1 fully saturated rings. The monoisotopic (exact) mass is 329 g/mol. The molecule has 5 heteroatoms. The zero-order valence-corrected chi connectivity index (χ0v) is 13.7. The molecular weight excluding hydrogens is 309 g/mol. The fraction of sp³-hybridized carbons (Fsp3) is 0.316. The van der Waals surface area contributed by atoms with Gasteiger partial charge in [-0.3, -0.25) is 4.79 Å². The Morgan fingerprint density at radius 3 is 2.33 bits per heavy atom. The van der Waals surface area contributed by atoms with E-state index < -0.39 is 0 Å². The van der Waals surface area contributed by atoms with Gasteiger partial charge in [-0.2, -0.15) is 0 Å². The predicted molar refractivity (Wildman–Crippen MR) is 90.0 cm³/mol. The number of benzene rings is 2. The molecule has 4 nitrogen and oxygen atoms in total. The molecule has 0 bridgehead atoms. The molecule has 1 saturated carbocycles. The number of carbonyl (C=O) groups excluding carboxylic acids is 1. The lowest BCUT2D eigenvalue weighted by Crippen LogP contribution is -2.22. The second-order valence-electron chi connectivity index (χ2n) is 5.93. The summed E-state index contributed by atoms with van der Waals surface area (Å²) in [4.78, 5) is 12.8. The van der Waals surface area contributed by atoms with Crippen LogP contribution in [-0.4, -0.2) is 20.1 Å². The van der Waals surface area contributed by atoms with Crippen molar-refractivity contribution in [2.75, 3.05) is 19.5 Å². The topological polar surface area (TPSA) is 47.6 Å². The normalized spacial score (nSPS) is 14.8. The number of ether oxygens (including phenoxy) is 2.